The first kappa shape index (κ1) is 10.4. The molecule has 0 atom stereocenters. The van der Waals surface area contributed by atoms with E-state index in [9.17, 15) is 4.11 Å². The first-order valence-electron chi connectivity index (χ1n) is 20.2. The lowest BCUT2D eigenvalue weighted by atomic mass is 10.0. The van der Waals surface area contributed by atoms with Crippen LogP contribution in [-0.4, -0.2) is 9.13 Å². The highest BCUT2D eigenvalue weighted by Gasteiger charge is 2.17. The summed E-state index contributed by atoms with van der Waals surface area (Å²) in [4.78, 5) is 0. The van der Waals surface area contributed by atoms with Gasteiger partial charge in [-0.1, -0.05) is 103 Å². The number of fused-ring (bicyclic) bond motifs is 6. The van der Waals surface area contributed by atoms with Crippen LogP contribution in [0.25, 0.3) is 66.1 Å². The molecule has 2 heterocycles. The summed E-state index contributed by atoms with van der Waals surface area (Å²) in [7, 11) is 0. The van der Waals surface area contributed by atoms with Crippen LogP contribution in [0.2, 0.25) is 0 Å². The van der Waals surface area contributed by atoms with E-state index < -0.39 is 96.3 Å². The zero-order valence-corrected chi connectivity index (χ0v) is 19.4. The Kier molecular flexibility index (Phi) is 2.24. The van der Waals surface area contributed by atoms with Crippen LogP contribution >= 0.6 is 0 Å². The first-order chi connectivity index (χ1) is 25.9. The van der Waals surface area contributed by atoms with Gasteiger partial charge in [-0.25, -0.2) is 0 Å². The molecule has 0 N–H and O–H groups in total. The molecule has 0 unspecified atom stereocenters. The summed E-state index contributed by atoms with van der Waals surface area (Å²) in [6, 6.07) is 0.886. The summed E-state index contributed by atoms with van der Waals surface area (Å²) < 4.78 is 153. The molecule has 178 valence electrons. The average molecular weight is 502 g/mol. The third kappa shape index (κ3) is 3.01. The van der Waals surface area contributed by atoms with Gasteiger partial charge in [-0.05, 0) is 47.9 Å². The molecule has 8 aromatic rings. The Hall–Kier alpha value is -5.08. The van der Waals surface area contributed by atoms with Gasteiger partial charge in [0.2, 0.25) is 0 Å². The molecule has 8 rings (SSSR count). The Morgan fingerprint density at radius 2 is 1.00 bits per heavy atom. The number of rotatable bonds is 3. The number of nitrogens with zero attached hydrogens (tertiary/aromatic N) is 2. The lowest BCUT2D eigenvalue weighted by Gasteiger charge is -2.14. The Morgan fingerprint density at radius 3 is 1.68 bits per heavy atom. The van der Waals surface area contributed by atoms with Crippen molar-refractivity contribution in [3.8, 4) is 22.5 Å². The summed E-state index contributed by atoms with van der Waals surface area (Å²) in [6.45, 7) is 0. The lowest BCUT2D eigenvalue weighted by molar-refractivity contribution is 1.17. The molecule has 0 radical (unpaired) electrons. The van der Waals surface area contributed by atoms with E-state index in [1.807, 2.05) is 0 Å². The number of hydrogen-bond acceptors (Lipinski definition) is 0. The van der Waals surface area contributed by atoms with Crippen LogP contribution in [0.15, 0.2) is 145 Å². The van der Waals surface area contributed by atoms with Gasteiger partial charge >= 0.3 is 0 Å². The van der Waals surface area contributed by atoms with Crippen molar-refractivity contribution in [3.63, 3.8) is 0 Å². The SMILES string of the molecule is [2H]c1cccc([2H])c1-c1ccccc1-n1c2c([2H])c([2H])c([2H])c([2H])c2c2c([2H])c(-n3c4c([2H])c([2H])c([2H])c([2H])c4c4c([2H])c([2H])c([2H])c([2H])c43)c([2H])c([2H])c21. The van der Waals surface area contributed by atoms with Crippen molar-refractivity contribution in [3.05, 3.63) is 145 Å². The maximum Gasteiger partial charge on any atom is 0.0652 e. The molecule has 0 bridgehead atoms. The van der Waals surface area contributed by atoms with Gasteiger partial charge in [0, 0.05) is 32.8 Å². The minimum atomic E-state index is -0.729. The molecular formula is C36H24N2. The van der Waals surface area contributed by atoms with E-state index in [4.69, 9.17) is 19.2 Å². The largest absolute Gasteiger partial charge is 0.309 e. The van der Waals surface area contributed by atoms with Gasteiger partial charge in [0.15, 0.2) is 0 Å². The molecular weight excluding hydrogens is 460 g/mol. The highest BCUT2D eigenvalue weighted by atomic mass is 15.0. The normalized spacial score (nSPS) is 17.9. The maximum atomic E-state index is 9.74. The van der Waals surface area contributed by atoms with Crippen molar-refractivity contribution in [2.24, 2.45) is 0 Å². The molecule has 2 nitrogen and oxygen atoms in total. The third-order valence-electron chi connectivity index (χ3n) is 6.46. The molecule has 38 heavy (non-hydrogen) atoms. The molecule has 0 fully saturated rings. The summed E-state index contributed by atoms with van der Waals surface area (Å²) >= 11 is 0. The van der Waals surface area contributed by atoms with Crippen molar-refractivity contribution in [1.82, 2.24) is 9.13 Å². The fourth-order valence-electron chi connectivity index (χ4n) is 4.89. The second kappa shape index (κ2) is 8.22. The van der Waals surface area contributed by atoms with E-state index in [1.165, 1.54) is 22.8 Å². The molecule has 0 aliphatic heterocycles. The Balaban J connectivity index is 1.67. The van der Waals surface area contributed by atoms with Crippen LogP contribution in [0.3, 0.4) is 0 Å². The summed E-state index contributed by atoms with van der Waals surface area (Å²) in [6.07, 6.45) is 0. The highest BCUT2D eigenvalue weighted by Crippen LogP contribution is 2.38. The standard InChI is InChI=1S/C36H24N2/c1-2-12-25(13-3-1)27-14-4-8-18-32(27)38-35-21-11-7-17-30(35)31-24-26(22-23-36(31)38)37-33-19-9-5-15-28(33)29-16-6-10-20-34(29)37/h1-24H/i5D,6D,7D,9D,10D,11D,12D,13D,15D,16D,17D,19D,20D,21D,22D,23D,24D. The number of para-hydroxylation sites is 4. The van der Waals surface area contributed by atoms with Crippen molar-refractivity contribution in [2.45, 2.75) is 0 Å². The topological polar surface area (TPSA) is 9.86 Å². The Morgan fingerprint density at radius 1 is 0.447 bits per heavy atom. The maximum absolute atomic E-state index is 9.74. The van der Waals surface area contributed by atoms with Gasteiger partial charge < -0.3 is 9.13 Å². The van der Waals surface area contributed by atoms with E-state index in [-0.39, 0.29) is 72.5 Å². The quantitative estimate of drug-likeness (QED) is 0.228. The third-order valence-corrected chi connectivity index (χ3v) is 6.46. The van der Waals surface area contributed by atoms with Gasteiger partial charge in [-0.15, -0.1) is 0 Å². The van der Waals surface area contributed by atoms with Crippen molar-refractivity contribution < 1.29 is 23.3 Å². The molecule has 2 aromatic heterocycles. The van der Waals surface area contributed by atoms with E-state index in [0.717, 1.165) is 4.57 Å². The molecule has 6 aromatic carbocycles. The van der Waals surface area contributed by atoms with Crippen LogP contribution < -0.4 is 0 Å². The highest BCUT2D eigenvalue weighted by molar-refractivity contribution is 6.12. The molecule has 0 spiro atoms. The monoisotopic (exact) mass is 501 g/mol. The van der Waals surface area contributed by atoms with Crippen LogP contribution in [0.4, 0.5) is 0 Å². The van der Waals surface area contributed by atoms with E-state index in [2.05, 4.69) is 0 Å². The smallest absolute Gasteiger partial charge is 0.0652 e. The summed E-state index contributed by atoms with van der Waals surface area (Å²) in [5, 5.41) is -1.10. The minimum absolute atomic E-state index is 0.0288. The predicted molar refractivity (Wildman–Crippen MR) is 161 cm³/mol. The molecule has 0 amide bonds. The molecule has 0 aliphatic carbocycles. The van der Waals surface area contributed by atoms with E-state index in [0.29, 0.717) is 0 Å². The first-order valence-corrected chi connectivity index (χ1v) is 11.7. The predicted octanol–water partition coefficient (Wildman–Crippen LogP) is 9.55. The molecule has 0 saturated carbocycles. The zero-order chi connectivity index (χ0) is 39.8. The second-order valence-electron chi connectivity index (χ2n) is 8.50. The van der Waals surface area contributed by atoms with Crippen LogP contribution in [0.1, 0.15) is 23.3 Å². The lowest BCUT2D eigenvalue weighted by Crippen LogP contribution is -1.97. The van der Waals surface area contributed by atoms with Crippen LogP contribution in [0, 0.1) is 0 Å². The van der Waals surface area contributed by atoms with Crippen molar-refractivity contribution >= 4 is 43.6 Å². The molecule has 2 heteroatoms. The van der Waals surface area contributed by atoms with Gasteiger partial charge in [-0.2, -0.15) is 0 Å². The van der Waals surface area contributed by atoms with Gasteiger partial charge in [-0.3, -0.25) is 0 Å². The number of hydrogen-bond donors (Lipinski definition) is 0. The van der Waals surface area contributed by atoms with Gasteiger partial charge in [0.1, 0.15) is 0 Å². The van der Waals surface area contributed by atoms with E-state index >= 15 is 0 Å². The number of aromatic nitrogens is 2. The molecule has 0 aliphatic rings. The Labute approximate surface area is 244 Å². The Bertz CT molecular complexity index is 2970. The van der Waals surface area contributed by atoms with Crippen molar-refractivity contribution in [2.75, 3.05) is 0 Å². The minimum Gasteiger partial charge on any atom is -0.309 e. The van der Waals surface area contributed by atoms with E-state index in [1.54, 1.807) is 24.3 Å². The summed E-state index contributed by atoms with van der Waals surface area (Å²) in [5.41, 5.74) is -1.10. The fourth-order valence-corrected chi connectivity index (χ4v) is 4.89. The van der Waals surface area contributed by atoms with Gasteiger partial charge in [0.05, 0.1) is 51.1 Å². The zero-order valence-electron chi connectivity index (χ0n) is 36.4. The van der Waals surface area contributed by atoms with Crippen LogP contribution in [-0.2, 0) is 0 Å². The number of benzene rings is 6. The summed E-state index contributed by atoms with van der Waals surface area (Å²) in [5.74, 6) is 0. The average Bonchev–Trinajstić information content (AvgIpc) is 3.70. The van der Waals surface area contributed by atoms with Crippen LogP contribution in [0.5, 0.6) is 0 Å². The van der Waals surface area contributed by atoms with Crippen molar-refractivity contribution in [1.29, 1.82) is 0 Å². The fraction of sp³-hybridized carbons (Fsp3) is 0. The van der Waals surface area contributed by atoms with Gasteiger partial charge in [0.25, 0.3) is 0 Å². The molecule has 0 saturated heterocycles. The second-order valence-corrected chi connectivity index (χ2v) is 8.50.